The molecule has 4 aromatic rings. The van der Waals surface area contributed by atoms with E-state index in [1.807, 2.05) is 42.5 Å². The highest BCUT2D eigenvalue weighted by molar-refractivity contribution is 6.15. The Bertz CT molecular complexity index is 1190. The molecule has 0 radical (unpaired) electrons. The standard InChI is InChI=1S/C22H17FN2O2/c1-12-9-15(23)6-8-17(12)21(26)22-20(25)18-7-5-14(11-19(18)27-22)13-3-2-4-16(24)10-13/h2-11H,24-25H2,1H3. The molecule has 27 heavy (non-hydrogen) atoms. The van der Waals surface area contributed by atoms with Gasteiger partial charge in [-0.25, -0.2) is 4.39 Å². The van der Waals surface area contributed by atoms with Crippen molar-refractivity contribution in [2.75, 3.05) is 11.5 Å². The largest absolute Gasteiger partial charge is 0.450 e. The molecule has 0 atom stereocenters. The number of benzene rings is 3. The molecule has 5 heteroatoms. The Hall–Kier alpha value is -3.60. The van der Waals surface area contributed by atoms with E-state index in [1.165, 1.54) is 18.2 Å². The predicted octanol–water partition coefficient (Wildman–Crippen LogP) is 4.94. The van der Waals surface area contributed by atoms with Crippen LogP contribution in [0.25, 0.3) is 22.1 Å². The molecule has 0 aliphatic rings. The maximum absolute atomic E-state index is 13.3. The topological polar surface area (TPSA) is 82.2 Å². The zero-order valence-electron chi connectivity index (χ0n) is 14.6. The summed E-state index contributed by atoms with van der Waals surface area (Å²) < 4.78 is 19.1. The summed E-state index contributed by atoms with van der Waals surface area (Å²) in [6, 6.07) is 17.0. The molecule has 0 saturated carbocycles. The molecular formula is C22H17FN2O2. The smallest absolute Gasteiger partial charge is 0.230 e. The van der Waals surface area contributed by atoms with Gasteiger partial charge in [0.25, 0.3) is 0 Å². The quantitative estimate of drug-likeness (QED) is 0.400. The van der Waals surface area contributed by atoms with Crippen LogP contribution in [0.5, 0.6) is 0 Å². The van der Waals surface area contributed by atoms with Crippen LogP contribution in [0.15, 0.2) is 65.1 Å². The molecular weight excluding hydrogens is 343 g/mol. The number of hydrogen-bond donors (Lipinski definition) is 2. The minimum absolute atomic E-state index is 0.0597. The van der Waals surface area contributed by atoms with E-state index in [0.29, 0.717) is 27.8 Å². The number of nitrogens with two attached hydrogens (primary N) is 2. The number of halogens is 1. The van der Waals surface area contributed by atoms with Crippen LogP contribution in [-0.4, -0.2) is 5.78 Å². The second kappa shape index (κ2) is 6.29. The van der Waals surface area contributed by atoms with Crippen LogP contribution in [0.1, 0.15) is 21.7 Å². The highest BCUT2D eigenvalue weighted by atomic mass is 19.1. The number of fused-ring (bicyclic) bond motifs is 1. The zero-order chi connectivity index (χ0) is 19.1. The van der Waals surface area contributed by atoms with Crippen LogP contribution in [0.2, 0.25) is 0 Å². The van der Waals surface area contributed by atoms with Gasteiger partial charge in [0.2, 0.25) is 5.78 Å². The third kappa shape index (κ3) is 2.93. The number of carbonyl (C=O) groups is 1. The summed E-state index contributed by atoms with van der Waals surface area (Å²) >= 11 is 0. The van der Waals surface area contributed by atoms with Crippen molar-refractivity contribution in [1.29, 1.82) is 0 Å². The fraction of sp³-hybridized carbons (Fsp3) is 0.0455. The third-order valence-electron chi connectivity index (χ3n) is 4.59. The molecule has 0 spiro atoms. The van der Waals surface area contributed by atoms with Gasteiger partial charge in [-0.3, -0.25) is 4.79 Å². The fourth-order valence-corrected chi connectivity index (χ4v) is 3.19. The molecule has 0 saturated heterocycles. The molecule has 4 N–H and O–H groups in total. The Morgan fingerprint density at radius 3 is 2.48 bits per heavy atom. The van der Waals surface area contributed by atoms with Crippen molar-refractivity contribution in [3.8, 4) is 11.1 Å². The predicted molar refractivity (Wildman–Crippen MR) is 105 cm³/mol. The summed E-state index contributed by atoms with van der Waals surface area (Å²) in [4.78, 5) is 12.9. The third-order valence-corrected chi connectivity index (χ3v) is 4.59. The van der Waals surface area contributed by atoms with Gasteiger partial charge in [-0.05, 0) is 66.1 Å². The molecule has 4 rings (SSSR count). The van der Waals surface area contributed by atoms with Crippen molar-refractivity contribution in [1.82, 2.24) is 0 Å². The van der Waals surface area contributed by atoms with Gasteiger partial charge in [0.1, 0.15) is 11.4 Å². The van der Waals surface area contributed by atoms with Crippen LogP contribution >= 0.6 is 0 Å². The Morgan fingerprint density at radius 1 is 0.963 bits per heavy atom. The van der Waals surface area contributed by atoms with Crippen molar-refractivity contribution in [3.63, 3.8) is 0 Å². The number of aryl methyl sites for hydroxylation is 1. The lowest BCUT2D eigenvalue weighted by atomic mass is 10.0. The van der Waals surface area contributed by atoms with Crippen molar-refractivity contribution >= 4 is 28.1 Å². The monoisotopic (exact) mass is 360 g/mol. The summed E-state index contributed by atoms with van der Waals surface area (Å²) in [7, 11) is 0. The molecule has 4 nitrogen and oxygen atoms in total. The summed E-state index contributed by atoms with van der Waals surface area (Å²) in [6.45, 7) is 1.67. The first-order valence-corrected chi connectivity index (χ1v) is 8.43. The van der Waals surface area contributed by atoms with E-state index in [1.54, 1.807) is 6.92 Å². The lowest BCUT2D eigenvalue weighted by Gasteiger charge is -2.03. The first-order valence-electron chi connectivity index (χ1n) is 8.43. The molecule has 0 amide bonds. The highest BCUT2D eigenvalue weighted by Crippen LogP contribution is 2.34. The number of ketones is 1. The minimum Gasteiger partial charge on any atom is -0.450 e. The van der Waals surface area contributed by atoms with Crippen molar-refractivity contribution in [3.05, 3.63) is 83.4 Å². The summed E-state index contributed by atoms with van der Waals surface area (Å²) in [5.74, 6) is -0.704. The van der Waals surface area contributed by atoms with Gasteiger partial charge in [0.15, 0.2) is 5.76 Å². The number of hydrogen-bond acceptors (Lipinski definition) is 4. The van der Waals surface area contributed by atoms with Crippen LogP contribution in [0, 0.1) is 12.7 Å². The number of rotatable bonds is 3. The number of furan rings is 1. The van der Waals surface area contributed by atoms with E-state index in [2.05, 4.69) is 0 Å². The molecule has 0 aliphatic carbocycles. The van der Waals surface area contributed by atoms with Gasteiger partial charge in [-0.1, -0.05) is 18.2 Å². The van der Waals surface area contributed by atoms with Gasteiger partial charge in [-0.15, -0.1) is 0 Å². The van der Waals surface area contributed by atoms with E-state index in [4.69, 9.17) is 15.9 Å². The SMILES string of the molecule is Cc1cc(F)ccc1C(=O)c1oc2cc(-c3cccc(N)c3)ccc2c1N. The summed E-state index contributed by atoms with van der Waals surface area (Å²) in [5, 5.41) is 0.658. The second-order valence-corrected chi connectivity index (χ2v) is 6.47. The van der Waals surface area contributed by atoms with E-state index in [0.717, 1.165) is 11.1 Å². The Kier molecular flexibility index (Phi) is 3.92. The van der Waals surface area contributed by atoms with Gasteiger partial charge >= 0.3 is 0 Å². The van der Waals surface area contributed by atoms with E-state index in [9.17, 15) is 9.18 Å². The Labute approximate surface area is 155 Å². The molecule has 0 bridgehead atoms. The van der Waals surface area contributed by atoms with Gasteiger partial charge < -0.3 is 15.9 Å². The van der Waals surface area contributed by atoms with Crippen molar-refractivity contribution in [2.24, 2.45) is 0 Å². The molecule has 0 fully saturated rings. The van der Waals surface area contributed by atoms with Crippen molar-refractivity contribution < 1.29 is 13.6 Å². The fourth-order valence-electron chi connectivity index (χ4n) is 3.19. The normalized spacial score (nSPS) is 11.0. The second-order valence-electron chi connectivity index (χ2n) is 6.47. The first kappa shape index (κ1) is 16.8. The van der Waals surface area contributed by atoms with Crippen LogP contribution in [0.4, 0.5) is 15.8 Å². The van der Waals surface area contributed by atoms with E-state index in [-0.39, 0.29) is 17.2 Å². The summed E-state index contributed by atoms with van der Waals surface area (Å²) in [6.07, 6.45) is 0. The lowest BCUT2D eigenvalue weighted by Crippen LogP contribution is -2.05. The minimum atomic E-state index is -0.395. The maximum atomic E-state index is 13.3. The van der Waals surface area contributed by atoms with Gasteiger partial charge in [0.05, 0.1) is 5.69 Å². The van der Waals surface area contributed by atoms with Gasteiger partial charge in [-0.2, -0.15) is 0 Å². The molecule has 134 valence electrons. The number of nitrogen functional groups attached to an aromatic ring is 2. The average molecular weight is 360 g/mol. The molecule has 0 aliphatic heterocycles. The number of carbonyl (C=O) groups excluding carboxylic acids is 1. The van der Waals surface area contributed by atoms with Crippen LogP contribution in [0.3, 0.4) is 0 Å². The van der Waals surface area contributed by atoms with E-state index < -0.39 is 5.82 Å². The highest BCUT2D eigenvalue weighted by Gasteiger charge is 2.22. The first-order chi connectivity index (χ1) is 12.9. The van der Waals surface area contributed by atoms with Crippen molar-refractivity contribution in [2.45, 2.75) is 6.92 Å². The lowest BCUT2D eigenvalue weighted by molar-refractivity contribution is 0.101. The molecule has 3 aromatic carbocycles. The van der Waals surface area contributed by atoms with E-state index >= 15 is 0 Å². The average Bonchev–Trinajstić information content (AvgIpc) is 2.97. The van der Waals surface area contributed by atoms with Crippen LogP contribution < -0.4 is 11.5 Å². The van der Waals surface area contributed by atoms with Crippen LogP contribution in [-0.2, 0) is 0 Å². The number of anilines is 2. The molecule has 0 unspecified atom stereocenters. The maximum Gasteiger partial charge on any atom is 0.230 e. The zero-order valence-corrected chi connectivity index (χ0v) is 14.6. The Balaban J connectivity index is 1.81. The molecule has 1 heterocycles. The summed E-state index contributed by atoms with van der Waals surface area (Å²) in [5.41, 5.74) is 16.2. The Morgan fingerprint density at radius 2 is 1.74 bits per heavy atom. The van der Waals surface area contributed by atoms with Gasteiger partial charge in [0, 0.05) is 16.6 Å². The molecule has 1 aromatic heterocycles.